The van der Waals surface area contributed by atoms with E-state index >= 15 is 0 Å². The van der Waals surface area contributed by atoms with Crippen molar-refractivity contribution in [2.24, 2.45) is 0 Å². The summed E-state index contributed by atoms with van der Waals surface area (Å²) >= 11 is 0. The van der Waals surface area contributed by atoms with E-state index in [0.29, 0.717) is 18.8 Å². The van der Waals surface area contributed by atoms with Crippen LogP contribution in [0.25, 0.3) is 10.9 Å². The number of hydrogen-bond acceptors (Lipinski definition) is 3. The van der Waals surface area contributed by atoms with Gasteiger partial charge in [-0.2, -0.15) is 0 Å². The number of aryl methyl sites for hydroxylation is 2. The van der Waals surface area contributed by atoms with Crippen LogP contribution in [0.5, 0.6) is 0 Å². The molecule has 26 heavy (non-hydrogen) atoms. The van der Waals surface area contributed by atoms with E-state index in [-0.39, 0.29) is 5.70 Å². The van der Waals surface area contributed by atoms with Gasteiger partial charge in [0.2, 0.25) is 0 Å². The maximum atomic E-state index is 9.04. The first-order valence-corrected chi connectivity index (χ1v) is 9.16. The first kappa shape index (κ1) is 16.6. The topological polar surface area (TPSA) is 40.6 Å². The molecule has 0 aliphatic carbocycles. The zero-order valence-corrected chi connectivity index (χ0v) is 14.8. The lowest BCUT2D eigenvalue weighted by atomic mass is 9.90. The van der Waals surface area contributed by atoms with Crippen LogP contribution >= 0.6 is 0 Å². The molecular weight excluding hydrogens is 322 g/mol. The Labute approximate surface area is 154 Å². The van der Waals surface area contributed by atoms with Crippen molar-refractivity contribution in [1.82, 2.24) is 0 Å². The van der Waals surface area contributed by atoms with Crippen LogP contribution < -0.4 is 4.90 Å². The Balaban J connectivity index is 1.63. The number of rotatable bonds is 2. The molecule has 0 fully saturated rings. The number of benzene rings is 1. The molecule has 4 rings (SSSR count). The highest BCUT2D eigenvalue weighted by atomic mass is 16.5. The minimum Gasteiger partial charge on any atom is -0.373 e. The molecule has 0 radical (unpaired) electrons. The molecule has 3 aliphatic rings. The predicted octanol–water partition coefficient (Wildman–Crippen LogP) is 4.05. The Morgan fingerprint density at radius 3 is 2.54 bits per heavy atom. The number of ether oxygens (including phenoxy) is 1. The fourth-order valence-electron chi connectivity index (χ4n) is 4.12. The van der Waals surface area contributed by atoms with Crippen LogP contribution in [0.2, 0.25) is 0 Å². The Morgan fingerprint density at radius 1 is 1.15 bits per heavy atom. The van der Waals surface area contributed by atoms with Crippen molar-refractivity contribution in [3.63, 3.8) is 0 Å². The van der Waals surface area contributed by atoms with Crippen LogP contribution in [-0.4, -0.2) is 26.3 Å². The first-order chi connectivity index (χ1) is 12.8. The average Bonchev–Trinajstić information content (AvgIpc) is 2.68. The van der Waals surface area contributed by atoms with Crippen LogP contribution in [0.4, 0.5) is 5.69 Å². The summed E-state index contributed by atoms with van der Waals surface area (Å²) in [5, 5.41) is 9.04. The molecule has 0 atom stereocenters. The zero-order valence-electron chi connectivity index (χ0n) is 14.8. The first-order valence-electron chi connectivity index (χ1n) is 9.16. The van der Waals surface area contributed by atoms with Gasteiger partial charge in [-0.1, -0.05) is 18.2 Å². The molecule has 0 bridgehead atoms. The predicted molar refractivity (Wildman–Crippen MR) is 102 cm³/mol. The van der Waals surface area contributed by atoms with Crippen molar-refractivity contribution in [1.29, 1.82) is 5.26 Å². The molecule has 1 aromatic rings. The maximum Gasteiger partial charge on any atom is 0.267 e. The highest BCUT2D eigenvalue weighted by Gasteiger charge is 2.23. The minimum atomic E-state index is 0.119. The van der Waals surface area contributed by atoms with E-state index in [0.717, 1.165) is 18.4 Å². The molecule has 0 saturated carbocycles. The van der Waals surface area contributed by atoms with E-state index in [1.165, 1.54) is 48.3 Å². The molecule has 0 aromatic heterocycles. The fourth-order valence-corrected chi connectivity index (χ4v) is 4.12. The summed E-state index contributed by atoms with van der Waals surface area (Å²) in [5.41, 5.74) is 7.45. The van der Waals surface area contributed by atoms with Crippen molar-refractivity contribution in [2.75, 3.05) is 31.2 Å². The lowest BCUT2D eigenvalue weighted by Gasteiger charge is -2.37. The Morgan fingerprint density at radius 2 is 1.88 bits per heavy atom. The molecular formula is C22H21N3O. The molecule has 3 aliphatic heterocycles. The Bertz CT molecular complexity index is 861. The summed E-state index contributed by atoms with van der Waals surface area (Å²) < 4.78 is 5.55. The van der Waals surface area contributed by atoms with Crippen LogP contribution in [-0.2, 0) is 17.6 Å². The summed E-state index contributed by atoms with van der Waals surface area (Å²) in [6, 6.07) is 6.57. The van der Waals surface area contributed by atoms with Gasteiger partial charge in [0, 0.05) is 18.8 Å². The minimum absolute atomic E-state index is 0.119. The highest BCUT2D eigenvalue weighted by Crippen LogP contribution is 2.36. The third-order valence-corrected chi connectivity index (χ3v) is 5.25. The van der Waals surface area contributed by atoms with Gasteiger partial charge in [0.25, 0.3) is 5.70 Å². The van der Waals surface area contributed by atoms with Gasteiger partial charge in [0.05, 0.1) is 25.9 Å². The third kappa shape index (κ3) is 3.17. The van der Waals surface area contributed by atoms with Gasteiger partial charge in [0.15, 0.2) is 0 Å². The quantitative estimate of drug-likeness (QED) is 0.601. The van der Waals surface area contributed by atoms with Crippen LogP contribution in [0.15, 0.2) is 41.1 Å². The summed E-state index contributed by atoms with van der Waals surface area (Å²) in [4.78, 5) is 5.83. The molecule has 0 spiro atoms. The van der Waals surface area contributed by atoms with E-state index in [1.807, 2.05) is 12.1 Å². The molecule has 0 amide bonds. The van der Waals surface area contributed by atoms with Gasteiger partial charge < -0.3 is 9.64 Å². The van der Waals surface area contributed by atoms with E-state index in [9.17, 15) is 0 Å². The second kappa shape index (κ2) is 7.20. The summed E-state index contributed by atoms with van der Waals surface area (Å²) in [7, 11) is 0. The van der Waals surface area contributed by atoms with Gasteiger partial charge >= 0.3 is 0 Å². The molecule has 0 N–H and O–H groups in total. The Hall–Kier alpha value is -2.82. The normalized spacial score (nSPS) is 20.8. The van der Waals surface area contributed by atoms with Gasteiger partial charge in [-0.25, -0.2) is 10.1 Å². The van der Waals surface area contributed by atoms with Crippen molar-refractivity contribution < 1.29 is 4.74 Å². The average molecular weight is 343 g/mol. The summed E-state index contributed by atoms with van der Waals surface area (Å²) in [6.45, 7) is 10.3. The van der Waals surface area contributed by atoms with E-state index in [1.54, 1.807) is 0 Å². The smallest absolute Gasteiger partial charge is 0.267 e. The third-order valence-electron chi connectivity index (χ3n) is 5.25. The van der Waals surface area contributed by atoms with Crippen LogP contribution in [0, 0.1) is 17.9 Å². The lowest BCUT2D eigenvalue weighted by molar-refractivity contribution is 0.176. The van der Waals surface area contributed by atoms with Crippen LogP contribution in [0.1, 0.15) is 29.5 Å². The van der Waals surface area contributed by atoms with Crippen molar-refractivity contribution >= 4 is 11.8 Å². The van der Waals surface area contributed by atoms with Gasteiger partial charge in [-0.05, 0) is 65.7 Å². The van der Waals surface area contributed by atoms with Crippen molar-refractivity contribution in [3.8, 4) is 6.07 Å². The van der Waals surface area contributed by atoms with Gasteiger partial charge in [0.1, 0.15) is 0 Å². The molecule has 3 heterocycles. The number of nitrogens with zero attached hydrogens (tertiary/aromatic N) is 3. The van der Waals surface area contributed by atoms with Gasteiger partial charge in [-0.15, -0.1) is 0 Å². The number of hydrogen-bond donors (Lipinski definition) is 0. The summed E-state index contributed by atoms with van der Waals surface area (Å²) in [5.74, 6) is 0. The largest absolute Gasteiger partial charge is 0.373 e. The lowest BCUT2D eigenvalue weighted by Crippen LogP contribution is -2.34. The number of anilines is 1. The van der Waals surface area contributed by atoms with Crippen molar-refractivity contribution in [2.45, 2.75) is 25.7 Å². The SMILES string of the molecule is [C-]#[N+]C(C#N)=C1C=C(C=Cc2cc3c4c(c2)CCCN4CCC3)COC1. The van der Waals surface area contributed by atoms with Crippen molar-refractivity contribution in [3.05, 3.63) is 69.2 Å². The fraction of sp³-hybridized carbons (Fsp3) is 0.364. The standard InChI is InChI=1S/C22H21N3O/c1-24-21(13-23)20-12-17(14-26-15-20)7-6-16-10-18-4-2-8-25-9-3-5-19(11-16)22(18)25/h6-7,10-12H,2-5,8-9,14-15H2. The number of nitriles is 1. The van der Waals surface area contributed by atoms with Gasteiger partial charge in [-0.3, -0.25) is 0 Å². The maximum absolute atomic E-state index is 9.04. The van der Waals surface area contributed by atoms with E-state index in [2.05, 4.69) is 34.0 Å². The number of allylic oxidation sites excluding steroid dienone is 1. The monoisotopic (exact) mass is 343 g/mol. The summed E-state index contributed by atoms with van der Waals surface area (Å²) in [6.07, 6.45) is 10.9. The molecule has 1 aromatic carbocycles. The molecule has 130 valence electrons. The molecule has 4 nitrogen and oxygen atoms in total. The molecule has 0 saturated heterocycles. The van der Waals surface area contributed by atoms with E-state index in [4.69, 9.17) is 16.6 Å². The van der Waals surface area contributed by atoms with E-state index < -0.39 is 0 Å². The molecule has 4 heteroatoms. The Kier molecular flexibility index (Phi) is 4.61. The highest BCUT2D eigenvalue weighted by molar-refractivity contribution is 5.68. The zero-order chi connectivity index (χ0) is 17.9. The molecule has 0 unspecified atom stereocenters. The second-order valence-corrected chi connectivity index (χ2v) is 7.02. The second-order valence-electron chi connectivity index (χ2n) is 7.02. The van der Waals surface area contributed by atoms with Crippen LogP contribution in [0.3, 0.4) is 0 Å².